The van der Waals surface area contributed by atoms with E-state index in [0.29, 0.717) is 17.0 Å². The lowest BCUT2D eigenvalue weighted by atomic mass is 9.99. The quantitative estimate of drug-likeness (QED) is 0.0703. The first-order valence-corrected chi connectivity index (χ1v) is 20.7. The lowest BCUT2D eigenvalue weighted by Gasteiger charge is -2.26. The summed E-state index contributed by atoms with van der Waals surface area (Å²) in [6.07, 6.45) is 0. The summed E-state index contributed by atoms with van der Waals surface area (Å²) in [7, 11) is 3.27. The monoisotopic (exact) mass is 826 g/mol. The minimum atomic E-state index is -0.523. The molecule has 0 aliphatic carbocycles. The maximum Gasteiger partial charge on any atom is 0.342 e. The van der Waals surface area contributed by atoms with Crippen LogP contribution in [0.1, 0.15) is 43.0 Å². The maximum absolute atomic E-state index is 14.4. The van der Waals surface area contributed by atoms with Crippen LogP contribution in [0.5, 0.6) is 5.75 Å². The molecule has 9 heteroatoms. The molecule has 1 amide bonds. The minimum absolute atomic E-state index is 0.113. The molecule has 61 heavy (non-hydrogen) atoms. The van der Waals surface area contributed by atoms with Crippen LogP contribution in [0.4, 0.5) is 5.69 Å². The molecule has 7 aromatic carbocycles. The molecule has 0 saturated carbocycles. The van der Waals surface area contributed by atoms with Crippen LogP contribution >= 0.6 is 11.9 Å². The molecule has 0 atom stereocenters. The Morgan fingerprint density at radius 2 is 1.11 bits per heavy atom. The van der Waals surface area contributed by atoms with Gasteiger partial charge >= 0.3 is 11.9 Å². The topological polar surface area (TPSA) is 85.4 Å². The Hall–Kier alpha value is -6.94. The summed E-state index contributed by atoms with van der Waals surface area (Å²) in [5, 5.41) is 0. The zero-order chi connectivity index (χ0) is 42.6. The van der Waals surface area contributed by atoms with Crippen LogP contribution in [0, 0.1) is 6.92 Å². The number of rotatable bonds is 16. The van der Waals surface area contributed by atoms with Gasteiger partial charge in [0, 0.05) is 16.6 Å². The second-order valence-corrected chi connectivity index (χ2v) is 15.8. The van der Waals surface area contributed by atoms with Crippen molar-refractivity contribution >= 4 is 35.5 Å². The Kier molecular flexibility index (Phi) is 14.1. The summed E-state index contributed by atoms with van der Waals surface area (Å²) in [5.41, 5.74) is 9.34. The molecule has 0 fully saturated rings. The van der Waals surface area contributed by atoms with Gasteiger partial charge in [-0.25, -0.2) is 13.9 Å². The predicted molar refractivity (Wildman–Crippen MR) is 242 cm³/mol. The van der Waals surface area contributed by atoms with Gasteiger partial charge in [-0.3, -0.25) is 4.79 Å². The van der Waals surface area contributed by atoms with Gasteiger partial charge in [0.1, 0.15) is 24.5 Å². The van der Waals surface area contributed by atoms with E-state index in [1.165, 1.54) is 24.6 Å². The van der Waals surface area contributed by atoms with E-state index in [1.807, 2.05) is 115 Å². The highest BCUT2D eigenvalue weighted by Gasteiger charge is 2.23. The van der Waals surface area contributed by atoms with Crippen LogP contribution in [0.2, 0.25) is 0 Å². The molecule has 8 nitrogen and oxygen atoms in total. The standard InChI is InChI=1S/C52H46N2O6S/c1-37-14-29-47(30-15-37)61-53(2)34-50(55)54(33-38-16-18-41(19-17-38)42-20-22-43(23-21-42)44-24-26-45(27-25-44)51(56)58-3)46-28-31-48(52(57)60-36-40-12-8-5-9-13-40)49(32-46)59-35-39-10-6-4-7-11-39/h4-32H,33-36H2,1-3H3. The number of amides is 1. The first kappa shape index (κ1) is 42.2. The number of carbonyl (C=O) groups is 3. The third-order valence-electron chi connectivity index (χ3n) is 10.0. The molecule has 0 radical (unpaired) electrons. The van der Waals surface area contributed by atoms with Gasteiger partial charge < -0.3 is 19.1 Å². The number of aryl methyl sites for hydroxylation is 1. The minimum Gasteiger partial charge on any atom is -0.488 e. The fourth-order valence-corrected chi connectivity index (χ4v) is 7.46. The molecule has 7 rings (SSSR count). The lowest BCUT2D eigenvalue weighted by molar-refractivity contribution is -0.118. The van der Waals surface area contributed by atoms with Gasteiger partial charge in [-0.05, 0) is 101 Å². The molecule has 0 bridgehead atoms. The molecule has 0 saturated heterocycles. The van der Waals surface area contributed by atoms with Gasteiger partial charge in [-0.2, -0.15) is 0 Å². The van der Waals surface area contributed by atoms with Gasteiger partial charge in [0.05, 0.1) is 25.8 Å². The van der Waals surface area contributed by atoms with Crippen molar-refractivity contribution < 1.29 is 28.6 Å². The second kappa shape index (κ2) is 20.4. The van der Waals surface area contributed by atoms with E-state index in [4.69, 9.17) is 14.2 Å². The smallest absolute Gasteiger partial charge is 0.342 e. The highest BCUT2D eigenvalue weighted by atomic mass is 32.2. The molecule has 0 heterocycles. The van der Waals surface area contributed by atoms with E-state index >= 15 is 0 Å². The van der Waals surface area contributed by atoms with Crippen molar-refractivity contribution in [2.45, 2.75) is 31.6 Å². The first-order valence-electron chi connectivity index (χ1n) is 19.9. The Labute approximate surface area is 361 Å². The fourth-order valence-electron chi connectivity index (χ4n) is 6.67. The average Bonchev–Trinajstić information content (AvgIpc) is 3.30. The summed E-state index contributed by atoms with van der Waals surface area (Å²) in [5.74, 6) is -0.701. The van der Waals surface area contributed by atoms with Crippen LogP contribution in [-0.4, -0.2) is 42.9 Å². The number of esters is 2. The molecule has 0 aliphatic heterocycles. The third-order valence-corrected chi connectivity index (χ3v) is 11.0. The highest BCUT2D eigenvalue weighted by Crippen LogP contribution is 2.31. The number of hydrogen-bond acceptors (Lipinski definition) is 8. The largest absolute Gasteiger partial charge is 0.488 e. The average molecular weight is 827 g/mol. The van der Waals surface area contributed by atoms with E-state index in [9.17, 15) is 14.4 Å². The number of methoxy groups -OCH3 is 1. The van der Waals surface area contributed by atoms with Crippen LogP contribution in [0.3, 0.4) is 0 Å². The molecular formula is C52H46N2O6S. The van der Waals surface area contributed by atoms with Crippen molar-refractivity contribution in [1.29, 1.82) is 0 Å². The van der Waals surface area contributed by atoms with E-state index in [-0.39, 0.29) is 43.7 Å². The van der Waals surface area contributed by atoms with Gasteiger partial charge in [0.25, 0.3) is 0 Å². The summed E-state index contributed by atoms with van der Waals surface area (Å²) in [6, 6.07) is 56.4. The van der Waals surface area contributed by atoms with E-state index < -0.39 is 5.97 Å². The number of hydrogen-bond donors (Lipinski definition) is 0. The lowest BCUT2D eigenvalue weighted by Crippen LogP contribution is -2.37. The number of anilines is 1. The number of carbonyl (C=O) groups excluding carboxylic acids is 3. The first-order chi connectivity index (χ1) is 29.7. The Bertz CT molecular complexity index is 2550. The number of ether oxygens (including phenoxy) is 3. The van der Waals surface area contributed by atoms with Crippen molar-refractivity contribution in [1.82, 2.24) is 4.31 Å². The van der Waals surface area contributed by atoms with Crippen molar-refractivity contribution in [3.05, 3.63) is 209 Å². The molecule has 0 aliphatic rings. The van der Waals surface area contributed by atoms with Crippen LogP contribution < -0.4 is 9.64 Å². The van der Waals surface area contributed by atoms with E-state index in [2.05, 4.69) is 48.5 Å². The summed E-state index contributed by atoms with van der Waals surface area (Å²) in [4.78, 5) is 42.6. The van der Waals surface area contributed by atoms with Crippen LogP contribution in [0.15, 0.2) is 181 Å². The normalized spacial score (nSPS) is 10.9. The second-order valence-electron chi connectivity index (χ2n) is 14.5. The molecule has 7 aromatic rings. The number of benzene rings is 7. The number of nitrogens with zero attached hydrogens (tertiary/aromatic N) is 2. The summed E-state index contributed by atoms with van der Waals surface area (Å²) < 4.78 is 18.8. The molecule has 0 unspecified atom stereocenters. The van der Waals surface area contributed by atoms with Crippen LogP contribution in [0.25, 0.3) is 22.3 Å². The Morgan fingerprint density at radius 1 is 0.574 bits per heavy atom. The van der Waals surface area contributed by atoms with Gasteiger partial charge in [-0.15, -0.1) is 0 Å². The van der Waals surface area contributed by atoms with Crippen molar-refractivity contribution in [3.63, 3.8) is 0 Å². The molecule has 306 valence electrons. The Balaban J connectivity index is 1.14. The zero-order valence-electron chi connectivity index (χ0n) is 34.3. The van der Waals surface area contributed by atoms with Gasteiger partial charge in [0.15, 0.2) is 0 Å². The molecular weight excluding hydrogens is 781 g/mol. The summed E-state index contributed by atoms with van der Waals surface area (Å²) in [6.45, 7) is 2.78. The SMILES string of the molecule is COC(=O)c1ccc(-c2ccc(-c3ccc(CN(C(=O)CN(C)Sc4ccc(C)cc4)c4ccc(C(=O)OCc5ccccc5)c(OCc5ccccc5)c4)cc3)cc2)cc1. The number of likely N-dealkylation sites (N-methyl/N-ethyl adjacent to an activating group) is 1. The van der Waals surface area contributed by atoms with Crippen molar-refractivity contribution in [2.75, 3.05) is 25.6 Å². The molecule has 0 N–H and O–H groups in total. The predicted octanol–water partition coefficient (Wildman–Crippen LogP) is 11.2. The highest BCUT2D eigenvalue weighted by molar-refractivity contribution is 7.97. The van der Waals surface area contributed by atoms with Crippen LogP contribution in [-0.2, 0) is 34.0 Å². The van der Waals surface area contributed by atoms with Gasteiger partial charge in [-0.1, -0.05) is 139 Å². The third kappa shape index (κ3) is 11.4. The summed E-state index contributed by atoms with van der Waals surface area (Å²) >= 11 is 1.50. The molecule has 0 spiro atoms. The zero-order valence-corrected chi connectivity index (χ0v) is 35.1. The molecule has 0 aromatic heterocycles. The van der Waals surface area contributed by atoms with Crippen molar-refractivity contribution in [3.8, 4) is 28.0 Å². The van der Waals surface area contributed by atoms with Crippen molar-refractivity contribution in [2.24, 2.45) is 0 Å². The van der Waals surface area contributed by atoms with E-state index in [0.717, 1.165) is 43.8 Å². The maximum atomic E-state index is 14.4. The fraction of sp³-hybridized carbons (Fsp3) is 0.135. The van der Waals surface area contributed by atoms with Gasteiger partial charge in [0.2, 0.25) is 5.91 Å². The van der Waals surface area contributed by atoms with E-state index in [1.54, 1.807) is 35.2 Å². The Morgan fingerprint density at radius 3 is 1.69 bits per heavy atom.